The number of fused-ring (bicyclic) bond motifs is 1. The van der Waals surface area contributed by atoms with Crippen LogP contribution in [0.15, 0.2) is 101 Å². The summed E-state index contributed by atoms with van der Waals surface area (Å²) in [6.07, 6.45) is 7.64. The molecule has 228 valence electrons. The molecular weight excluding hydrogens is 614 g/mol. The summed E-state index contributed by atoms with van der Waals surface area (Å²) in [5, 5.41) is 3.21. The number of nitrogens with zero attached hydrogens (tertiary/aromatic N) is 4. The summed E-state index contributed by atoms with van der Waals surface area (Å²) in [5.74, 6) is -0.300. The first-order valence-corrected chi connectivity index (χ1v) is 15.5. The van der Waals surface area contributed by atoms with Gasteiger partial charge in [0.1, 0.15) is 10.6 Å². The van der Waals surface area contributed by atoms with E-state index in [4.69, 9.17) is 22.1 Å². The Hall–Kier alpha value is -5.33. The Kier molecular flexibility index (Phi) is 9.36. The minimum Gasteiger partial charge on any atom is -0.492 e. The summed E-state index contributed by atoms with van der Waals surface area (Å²) in [6.45, 7) is 1.98. The fourth-order valence-electron chi connectivity index (χ4n) is 4.40. The third kappa shape index (κ3) is 7.25. The monoisotopic (exact) mass is 641 g/mol. The summed E-state index contributed by atoms with van der Waals surface area (Å²) in [5.41, 5.74) is 10.4. The van der Waals surface area contributed by atoms with Gasteiger partial charge in [0.05, 0.1) is 41.4 Å². The Bertz CT molecular complexity index is 2050. The number of hydrogen-bond donors (Lipinski definition) is 3. The van der Waals surface area contributed by atoms with Crippen LogP contribution in [0.1, 0.15) is 23.0 Å². The molecule has 11 nitrogen and oxygen atoms in total. The van der Waals surface area contributed by atoms with Gasteiger partial charge in [-0.3, -0.25) is 24.5 Å². The number of benzene rings is 3. The molecule has 1 amide bonds. The standard InChI is InChI=1S/C32H28ClN7O4S/c1-3-44-30-11-9-25(38-32(41)20-4-7-24(33)8-5-20)14-31(30)45(42,43)40-26-12-22(17-36-18-26)21-6-10-27-28(13-21)39-29(19-37-27)23(15-34)16-35-2/h4-19,40H,3,34H2,1-2H3,(H,38,41). The molecule has 2 heterocycles. The highest BCUT2D eigenvalue weighted by Gasteiger charge is 2.22. The van der Waals surface area contributed by atoms with Gasteiger partial charge in [0.15, 0.2) is 0 Å². The molecule has 0 unspecified atom stereocenters. The van der Waals surface area contributed by atoms with Crippen LogP contribution in [0.3, 0.4) is 0 Å². The normalized spacial score (nSPS) is 11.9. The van der Waals surface area contributed by atoms with E-state index in [0.717, 1.165) is 5.56 Å². The number of ether oxygens (including phenoxy) is 1. The van der Waals surface area contributed by atoms with E-state index in [1.165, 1.54) is 24.5 Å². The van der Waals surface area contributed by atoms with Gasteiger partial charge in [0.2, 0.25) is 0 Å². The number of nitrogens with one attached hydrogen (secondary N) is 2. The molecular formula is C32H28ClN7O4S. The molecule has 45 heavy (non-hydrogen) atoms. The number of rotatable bonds is 10. The van der Waals surface area contributed by atoms with Crippen molar-refractivity contribution < 1.29 is 17.9 Å². The first kappa shape index (κ1) is 31.1. The van der Waals surface area contributed by atoms with Gasteiger partial charge in [-0.2, -0.15) is 0 Å². The van der Waals surface area contributed by atoms with Crippen LogP contribution < -0.4 is 20.5 Å². The second-order valence-corrected chi connectivity index (χ2v) is 11.7. The highest BCUT2D eigenvalue weighted by Crippen LogP contribution is 2.31. The highest BCUT2D eigenvalue weighted by molar-refractivity contribution is 7.92. The van der Waals surface area contributed by atoms with Gasteiger partial charge >= 0.3 is 0 Å². The van der Waals surface area contributed by atoms with E-state index in [0.29, 0.717) is 38.4 Å². The van der Waals surface area contributed by atoms with Crippen LogP contribution in [0.5, 0.6) is 5.75 Å². The molecule has 2 aromatic heterocycles. The third-order valence-corrected chi connectivity index (χ3v) is 8.16. The van der Waals surface area contributed by atoms with Crippen molar-refractivity contribution in [3.63, 3.8) is 0 Å². The lowest BCUT2D eigenvalue weighted by Crippen LogP contribution is -2.16. The Labute approximate surface area is 264 Å². The number of halogens is 1. The fourth-order valence-corrected chi connectivity index (χ4v) is 5.73. The zero-order valence-corrected chi connectivity index (χ0v) is 25.8. The number of amides is 1. The predicted molar refractivity (Wildman–Crippen MR) is 177 cm³/mol. The third-order valence-electron chi connectivity index (χ3n) is 6.51. The molecule has 0 atom stereocenters. The van der Waals surface area contributed by atoms with Crippen molar-refractivity contribution in [2.24, 2.45) is 10.7 Å². The summed E-state index contributed by atoms with van der Waals surface area (Å²) in [4.78, 5) is 30.0. The summed E-state index contributed by atoms with van der Waals surface area (Å²) < 4.78 is 35.5. The molecule has 4 N–H and O–H groups in total. The molecule has 0 aliphatic rings. The number of anilines is 2. The molecule has 0 fully saturated rings. The van der Waals surface area contributed by atoms with Gasteiger partial charge in [-0.25, -0.2) is 13.4 Å². The predicted octanol–water partition coefficient (Wildman–Crippen LogP) is 5.80. The second kappa shape index (κ2) is 13.5. The van der Waals surface area contributed by atoms with E-state index in [1.807, 2.05) is 18.2 Å². The first-order valence-electron chi connectivity index (χ1n) is 13.6. The highest BCUT2D eigenvalue weighted by atomic mass is 35.5. The van der Waals surface area contributed by atoms with E-state index in [1.54, 1.807) is 69.0 Å². The smallest absolute Gasteiger partial charge is 0.265 e. The molecule has 3 aromatic carbocycles. The van der Waals surface area contributed by atoms with Gasteiger partial charge in [-0.15, -0.1) is 0 Å². The van der Waals surface area contributed by atoms with Gasteiger partial charge in [0, 0.05) is 53.1 Å². The number of aliphatic imine (C=N–C) groups is 1. The van der Waals surface area contributed by atoms with Crippen molar-refractivity contribution in [1.82, 2.24) is 15.0 Å². The van der Waals surface area contributed by atoms with Crippen LogP contribution in [0, 0.1) is 0 Å². The van der Waals surface area contributed by atoms with Crippen molar-refractivity contribution in [2.45, 2.75) is 11.8 Å². The Morgan fingerprint density at radius 2 is 1.78 bits per heavy atom. The van der Waals surface area contributed by atoms with Crippen molar-refractivity contribution in [1.29, 1.82) is 0 Å². The van der Waals surface area contributed by atoms with Crippen LogP contribution in [-0.4, -0.2) is 49.1 Å². The minimum absolute atomic E-state index is 0.126. The summed E-state index contributed by atoms with van der Waals surface area (Å²) >= 11 is 5.92. The molecule has 0 aliphatic heterocycles. The minimum atomic E-state index is -4.19. The van der Waals surface area contributed by atoms with Gasteiger partial charge in [-0.05, 0) is 73.2 Å². The van der Waals surface area contributed by atoms with Crippen LogP contribution >= 0.6 is 11.6 Å². The van der Waals surface area contributed by atoms with E-state index in [-0.39, 0.29) is 28.6 Å². The lowest BCUT2D eigenvalue weighted by molar-refractivity contribution is 0.102. The molecule has 5 aromatic rings. The number of sulfonamides is 1. The quantitative estimate of drug-likeness (QED) is 0.161. The average molecular weight is 642 g/mol. The van der Waals surface area contributed by atoms with E-state index < -0.39 is 15.9 Å². The van der Waals surface area contributed by atoms with Crippen molar-refractivity contribution in [2.75, 3.05) is 23.7 Å². The summed E-state index contributed by atoms with van der Waals surface area (Å²) in [6, 6.07) is 17.9. The molecule has 0 spiro atoms. The van der Waals surface area contributed by atoms with Crippen molar-refractivity contribution >= 4 is 61.7 Å². The van der Waals surface area contributed by atoms with Gasteiger partial charge in [0.25, 0.3) is 15.9 Å². The Balaban J connectivity index is 1.43. The number of hydrogen-bond acceptors (Lipinski definition) is 9. The molecule has 0 radical (unpaired) electrons. The maximum absolute atomic E-state index is 13.7. The molecule has 5 rings (SSSR count). The largest absolute Gasteiger partial charge is 0.492 e. The summed E-state index contributed by atoms with van der Waals surface area (Å²) in [7, 11) is -2.55. The number of carbonyl (C=O) groups excluding carboxylic acids is 1. The molecule has 0 bridgehead atoms. The fraction of sp³-hybridized carbons (Fsp3) is 0.0938. The Morgan fingerprint density at radius 3 is 2.51 bits per heavy atom. The number of allylic oxidation sites excluding steroid dienone is 1. The number of pyridine rings is 1. The molecule has 13 heteroatoms. The van der Waals surface area contributed by atoms with Crippen LogP contribution in [0.2, 0.25) is 5.02 Å². The van der Waals surface area contributed by atoms with Crippen LogP contribution in [0.4, 0.5) is 11.4 Å². The van der Waals surface area contributed by atoms with E-state index in [2.05, 4.69) is 30.0 Å². The van der Waals surface area contributed by atoms with E-state index in [9.17, 15) is 13.2 Å². The topological polar surface area (TPSA) is 162 Å². The first-order chi connectivity index (χ1) is 21.7. The zero-order chi connectivity index (χ0) is 32.0. The van der Waals surface area contributed by atoms with E-state index >= 15 is 0 Å². The number of nitrogens with two attached hydrogens (primary N) is 1. The molecule has 0 aliphatic carbocycles. The van der Waals surface area contributed by atoms with Crippen molar-refractivity contribution in [3.8, 4) is 16.9 Å². The number of carbonyl (C=O) groups is 1. The number of aromatic nitrogens is 3. The zero-order valence-electron chi connectivity index (χ0n) is 24.2. The van der Waals surface area contributed by atoms with Gasteiger partial charge < -0.3 is 15.8 Å². The maximum Gasteiger partial charge on any atom is 0.265 e. The lowest BCUT2D eigenvalue weighted by atomic mass is 10.1. The van der Waals surface area contributed by atoms with Crippen LogP contribution in [0.25, 0.3) is 27.7 Å². The molecule has 0 saturated carbocycles. The lowest BCUT2D eigenvalue weighted by Gasteiger charge is -2.15. The maximum atomic E-state index is 13.7. The average Bonchev–Trinajstić information content (AvgIpc) is 3.04. The molecule has 0 saturated heterocycles. The Morgan fingerprint density at radius 1 is 0.978 bits per heavy atom. The van der Waals surface area contributed by atoms with Gasteiger partial charge in [-0.1, -0.05) is 17.7 Å². The SMILES string of the molecule is CCOc1ccc(NC(=O)c2ccc(Cl)cc2)cc1S(=O)(=O)Nc1cncc(-c2ccc3ncc(C(C=NC)=CN)nc3c2)c1. The van der Waals surface area contributed by atoms with Crippen molar-refractivity contribution in [3.05, 3.63) is 108 Å². The van der Waals surface area contributed by atoms with Crippen LogP contribution in [-0.2, 0) is 10.0 Å². The second-order valence-electron chi connectivity index (χ2n) is 9.59.